The van der Waals surface area contributed by atoms with Crippen LogP contribution in [-0.2, 0) is 41.1 Å². The van der Waals surface area contributed by atoms with Crippen LogP contribution in [-0.4, -0.2) is 36.2 Å². The number of rotatable bonds is 4. The molecule has 1 spiro atoms. The van der Waals surface area contributed by atoms with Crippen molar-refractivity contribution >= 4 is 21.6 Å². The fourth-order valence-corrected chi connectivity index (χ4v) is 5.75. The monoisotopic (exact) mass is 448 g/mol. The fourth-order valence-electron chi connectivity index (χ4n) is 4.81. The summed E-state index contributed by atoms with van der Waals surface area (Å²) in [7, 11) is -3.91. The summed E-state index contributed by atoms with van der Waals surface area (Å²) in [4.78, 5) is 17.7. The number of halogens is 1. The maximum Gasteiger partial charge on any atom is 0.354 e. The molecule has 4 N–H and O–H groups in total. The average molecular weight is 449 g/mol. The molecule has 31 heavy (non-hydrogen) atoms. The number of nitrogens with one attached hydrogen (secondary N) is 1. The molecule has 1 fully saturated rings. The largest absolute Gasteiger partial charge is 0.391 e. The molecule has 9 nitrogen and oxygen atoms in total. The normalized spacial score (nSPS) is 20.8. The van der Waals surface area contributed by atoms with Crippen molar-refractivity contribution in [2.24, 2.45) is 9.50 Å². The van der Waals surface area contributed by atoms with E-state index < -0.39 is 32.9 Å². The van der Waals surface area contributed by atoms with E-state index in [2.05, 4.69) is 14.8 Å². The van der Waals surface area contributed by atoms with Gasteiger partial charge in [0.05, 0.1) is 30.2 Å². The number of fused-ring (bicyclic) bond motifs is 3. The Morgan fingerprint density at radius 3 is 2.87 bits per heavy atom. The highest BCUT2D eigenvalue weighted by atomic mass is 32.2. The third-order valence-electron chi connectivity index (χ3n) is 6.40. The van der Waals surface area contributed by atoms with E-state index in [1.807, 2.05) is 0 Å². The molecule has 2 heterocycles. The summed E-state index contributed by atoms with van der Waals surface area (Å²) in [6, 6.07) is -0.892. The number of carbonyl (C=O) groups excluding carboxylic acids is 1. The van der Waals surface area contributed by atoms with E-state index in [-0.39, 0.29) is 12.0 Å². The first kappa shape index (κ1) is 20.5. The van der Waals surface area contributed by atoms with E-state index in [9.17, 15) is 18.5 Å². The van der Waals surface area contributed by atoms with Gasteiger partial charge >= 0.3 is 6.03 Å². The van der Waals surface area contributed by atoms with E-state index >= 15 is 0 Å². The van der Waals surface area contributed by atoms with Gasteiger partial charge in [-0.3, -0.25) is 9.67 Å². The minimum Gasteiger partial charge on any atom is -0.391 e. The number of hydrogen-bond donors (Lipinski definition) is 3. The Bertz CT molecular complexity index is 1210. The maximum atomic E-state index is 14.3. The van der Waals surface area contributed by atoms with Crippen LogP contribution in [0, 0.1) is 5.82 Å². The molecule has 11 heteroatoms. The zero-order valence-corrected chi connectivity index (χ0v) is 18.0. The Hall–Kier alpha value is -2.37. The molecule has 2 atom stereocenters. The first-order chi connectivity index (χ1) is 14.7. The van der Waals surface area contributed by atoms with Crippen molar-refractivity contribution in [2.45, 2.75) is 75.0 Å². The molecule has 0 aromatic carbocycles. The number of anilines is 1. The van der Waals surface area contributed by atoms with Crippen molar-refractivity contribution in [1.82, 2.24) is 14.8 Å². The van der Waals surface area contributed by atoms with Crippen molar-refractivity contribution < 1.29 is 18.5 Å². The second-order valence-corrected chi connectivity index (χ2v) is 10.5. The number of aliphatic hydroxyl groups excluding tert-OH is 1. The van der Waals surface area contributed by atoms with Crippen molar-refractivity contribution in [1.29, 1.82) is 0 Å². The Morgan fingerprint density at radius 2 is 2.16 bits per heavy atom. The third-order valence-corrected chi connectivity index (χ3v) is 7.67. The summed E-state index contributed by atoms with van der Waals surface area (Å²) >= 11 is 0. The summed E-state index contributed by atoms with van der Waals surface area (Å²) in [6.07, 6.45) is 6.94. The Labute approximate surface area is 179 Å². The van der Waals surface area contributed by atoms with Gasteiger partial charge < -0.3 is 10.4 Å². The van der Waals surface area contributed by atoms with Crippen molar-refractivity contribution in [2.75, 3.05) is 5.32 Å². The Morgan fingerprint density at radius 1 is 1.39 bits per heavy atom. The smallest absolute Gasteiger partial charge is 0.354 e. The first-order valence-electron chi connectivity index (χ1n) is 10.5. The maximum absolute atomic E-state index is 14.3. The molecule has 0 radical (unpaired) electrons. The topological polar surface area (TPSA) is 135 Å². The van der Waals surface area contributed by atoms with Gasteiger partial charge in [-0.15, -0.1) is 4.36 Å². The summed E-state index contributed by atoms with van der Waals surface area (Å²) in [5.74, 6) is -0.939. The number of urea groups is 1. The number of aromatic nitrogens is 3. The van der Waals surface area contributed by atoms with Gasteiger partial charge in [-0.25, -0.2) is 18.5 Å². The molecule has 1 saturated carbocycles. The SMILES string of the molecule is CC(O)Cn1cc(F)c(S(N)(=O)=NC(=O)Nc2c3c(nc4c2CCC42CC2)CCC3)n1. The second-order valence-electron chi connectivity index (χ2n) is 8.82. The molecule has 2 aromatic rings. The van der Waals surface area contributed by atoms with Crippen molar-refractivity contribution in [3.63, 3.8) is 0 Å². The molecule has 0 aliphatic heterocycles. The number of aliphatic hydroxyl groups is 1. The van der Waals surface area contributed by atoms with E-state index in [1.165, 1.54) is 6.92 Å². The minimum absolute atomic E-state index is 0.00429. The van der Waals surface area contributed by atoms with Gasteiger partial charge in [0.25, 0.3) is 0 Å². The molecule has 3 aliphatic rings. The van der Waals surface area contributed by atoms with Crippen LogP contribution in [0.2, 0.25) is 0 Å². The zero-order valence-electron chi connectivity index (χ0n) is 17.2. The summed E-state index contributed by atoms with van der Waals surface area (Å²) in [6.45, 7) is 1.50. The molecule has 0 bridgehead atoms. The molecule has 3 aliphatic carbocycles. The molecule has 5 rings (SSSR count). The summed E-state index contributed by atoms with van der Waals surface area (Å²) in [5, 5.41) is 21.2. The molecule has 2 unspecified atom stereocenters. The quantitative estimate of drug-likeness (QED) is 0.659. The second kappa shape index (κ2) is 7.07. The lowest BCUT2D eigenvalue weighted by atomic mass is 10.0. The molecule has 0 saturated heterocycles. The molecular weight excluding hydrogens is 423 g/mol. The summed E-state index contributed by atoms with van der Waals surface area (Å²) < 4.78 is 31.8. The van der Waals surface area contributed by atoms with Crippen molar-refractivity contribution in [3.8, 4) is 0 Å². The standard InChI is InChI=1S/C20H25FN6O3S/c1-11(28)9-27-10-14(21)18(25-27)31(22,30)26-19(29)24-16-12-3-2-4-15(12)23-17-13(16)5-6-20(17)7-8-20/h10-11,28H,2-9H2,1H3,(H3,22,23,24,26,29,30). The summed E-state index contributed by atoms with van der Waals surface area (Å²) in [5.41, 5.74) is 5.02. The van der Waals surface area contributed by atoms with Crippen LogP contribution in [0.4, 0.5) is 14.9 Å². The lowest BCUT2D eigenvalue weighted by Crippen LogP contribution is -2.21. The predicted octanol–water partition coefficient (Wildman–Crippen LogP) is 2.20. The van der Waals surface area contributed by atoms with Gasteiger partial charge in [0, 0.05) is 11.1 Å². The van der Waals surface area contributed by atoms with Crippen LogP contribution in [0.5, 0.6) is 0 Å². The highest BCUT2D eigenvalue weighted by molar-refractivity contribution is 7.91. The number of nitrogens with zero attached hydrogens (tertiary/aromatic N) is 4. The van der Waals surface area contributed by atoms with Gasteiger partial charge in [-0.2, -0.15) is 5.10 Å². The number of carbonyl (C=O) groups is 1. The first-order valence-corrected chi connectivity index (χ1v) is 12.1. The third kappa shape index (κ3) is 3.54. The highest BCUT2D eigenvalue weighted by Gasteiger charge is 2.51. The van der Waals surface area contributed by atoms with Gasteiger partial charge in [-0.1, -0.05) is 0 Å². The number of hydrogen-bond acceptors (Lipinski definition) is 5. The molecule has 166 valence electrons. The van der Waals surface area contributed by atoms with Crippen molar-refractivity contribution in [3.05, 3.63) is 34.5 Å². The van der Waals surface area contributed by atoms with Crippen LogP contribution < -0.4 is 10.5 Å². The molecule has 2 amide bonds. The minimum atomic E-state index is -3.91. The van der Waals surface area contributed by atoms with Crippen LogP contribution in [0.1, 0.15) is 55.1 Å². The van der Waals surface area contributed by atoms with Crippen LogP contribution in [0.25, 0.3) is 0 Å². The Kier molecular flexibility index (Phi) is 4.68. The lowest BCUT2D eigenvalue weighted by molar-refractivity contribution is 0.168. The van der Waals surface area contributed by atoms with E-state index in [0.29, 0.717) is 5.69 Å². The van der Waals surface area contributed by atoms with Gasteiger partial charge in [0.15, 0.2) is 15.7 Å². The lowest BCUT2D eigenvalue weighted by Gasteiger charge is -2.16. The van der Waals surface area contributed by atoms with Gasteiger partial charge in [0.2, 0.25) is 5.03 Å². The van der Waals surface area contributed by atoms with E-state index in [0.717, 1.165) is 78.3 Å². The number of nitrogens with two attached hydrogens (primary N) is 1. The number of amides is 2. The van der Waals surface area contributed by atoms with Gasteiger partial charge in [-0.05, 0) is 63.0 Å². The number of aryl methyl sites for hydroxylation is 1. The van der Waals surface area contributed by atoms with E-state index in [4.69, 9.17) is 10.1 Å². The fraction of sp³-hybridized carbons (Fsp3) is 0.550. The van der Waals surface area contributed by atoms with E-state index in [1.54, 1.807) is 0 Å². The predicted molar refractivity (Wildman–Crippen MR) is 111 cm³/mol. The highest BCUT2D eigenvalue weighted by Crippen LogP contribution is 2.58. The van der Waals surface area contributed by atoms with Gasteiger partial charge in [0.1, 0.15) is 0 Å². The van der Waals surface area contributed by atoms with Crippen LogP contribution in [0.15, 0.2) is 15.6 Å². The Balaban J connectivity index is 1.47. The van der Waals surface area contributed by atoms with Crippen LogP contribution in [0.3, 0.4) is 0 Å². The van der Waals surface area contributed by atoms with Crippen LogP contribution >= 0.6 is 0 Å². The molecule has 2 aromatic heterocycles. The number of pyridine rings is 1. The average Bonchev–Trinajstić information content (AvgIpc) is 2.97. The zero-order chi connectivity index (χ0) is 22.0. The molecular formula is C20H25FN6O3S.